The molecule has 0 aliphatic heterocycles. The van der Waals surface area contributed by atoms with Crippen LogP contribution in [0.3, 0.4) is 0 Å². The first-order valence-corrected chi connectivity index (χ1v) is 2.65. The van der Waals surface area contributed by atoms with Crippen molar-refractivity contribution in [2.75, 3.05) is 0 Å². The average Bonchev–Trinajstić information content (AvgIpc) is 1.88. The van der Waals surface area contributed by atoms with Crippen molar-refractivity contribution < 1.29 is 0 Å². The Labute approximate surface area is 57.4 Å². The fraction of sp³-hybridized carbons (Fsp3) is 0. The Morgan fingerprint density at radius 3 is 2.78 bits per heavy atom. The fourth-order valence-electron chi connectivity index (χ4n) is 0.409. The zero-order valence-electron chi connectivity index (χ0n) is 4.58. The number of halogens is 1. The Bertz CT molecular complexity index is 223. The van der Waals surface area contributed by atoms with Crippen LogP contribution in [0.1, 0.15) is 0 Å². The maximum Gasteiger partial charge on any atom is 0.171 e. The molecule has 0 unspecified atom stereocenters. The van der Waals surface area contributed by atoms with Crippen LogP contribution in [0.5, 0.6) is 0 Å². The maximum absolute atomic E-state index is 5.46. The summed E-state index contributed by atoms with van der Waals surface area (Å²) in [6.45, 7) is 3.26. The average molecular weight is 142 g/mol. The van der Waals surface area contributed by atoms with Crippen molar-refractivity contribution in [3.63, 3.8) is 0 Å². The lowest BCUT2D eigenvalue weighted by Gasteiger charge is -1.88. The number of aromatic nitrogens is 2. The van der Waals surface area contributed by atoms with Gasteiger partial charge in [0, 0.05) is 0 Å². The topological polar surface area (TPSA) is 38.1 Å². The minimum atomic E-state index is 0.333. The monoisotopic (exact) mass is 141 g/mol. The molecule has 0 spiro atoms. The van der Waals surface area contributed by atoms with E-state index < -0.39 is 0 Å². The van der Waals surface area contributed by atoms with Gasteiger partial charge in [-0.15, -0.1) is 0 Å². The first-order chi connectivity index (χ1) is 4.33. The third-order valence-electron chi connectivity index (χ3n) is 0.754. The van der Waals surface area contributed by atoms with Crippen molar-refractivity contribution in [1.29, 1.82) is 0 Å². The van der Waals surface area contributed by atoms with Crippen LogP contribution in [-0.2, 0) is 0 Å². The molecular formula is C5H4ClN3. The Balaban J connectivity index is 3.07. The number of rotatable bonds is 1. The second-order valence-corrected chi connectivity index (χ2v) is 1.75. The fourth-order valence-corrected chi connectivity index (χ4v) is 0.552. The molecular weight excluding hydrogens is 138 g/mol. The molecule has 1 aromatic heterocycles. The third kappa shape index (κ3) is 1.47. The highest BCUT2D eigenvalue weighted by atomic mass is 35.5. The molecule has 0 bridgehead atoms. The molecule has 0 aliphatic rings. The van der Waals surface area contributed by atoms with E-state index in [2.05, 4.69) is 21.7 Å². The number of hydrogen-bond acceptors (Lipinski definition) is 3. The van der Waals surface area contributed by atoms with E-state index in [9.17, 15) is 0 Å². The Morgan fingerprint density at radius 1 is 1.56 bits per heavy atom. The van der Waals surface area contributed by atoms with Gasteiger partial charge in [-0.05, 0) is 6.72 Å². The van der Waals surface area contributed by atoms with E-state index in [1.54, 1.807) is 0 Å². The quantitative estimate of drug-likeness (QED) is 0.556. The summed E-state index contributed by atoms with van der Waals surface area (Å²) in [4.78, 5) is 11.0. The van der Waals surface area contributed by atoms with Gasteiger partial charge in [0.05, 0.1) is 12.4 Å². The standard InChI is InChI=1S/C5H4ClN3/c1-7-5-3-8-2-4(6)9-5/h2-3H,1H2. The normalized spacial score (nSPS) is 9.00. The highest BCUT2D eigenvalue weighted by Crippen LogP contribution is 2.07. The van der Waals surface area contributed by atoms with Gasteiger partial charge in [0.2, 0.25) is 0 Å². The maximum atomic E-state index is 5.46. The van der Waals surface area contributed by atoms with Gasteiger partial charge in [-0.2, -0.15) is 0 Å². The summed E-state index contributed by atoms with van der Waals surface area (Å²) in [6.07, 6.45) is 2.93. The van der Waals surface area contributed by atoms with Gasteiger partial charge in [-0.25, -0.2) is 9.98 Å². The zero-order valence-corrected chi connectivity index (χ0v) is 5.34. The summed E-state index contributed by atoms with van der Waals surface area (Å²) >= 11 is 5.46. The molecule has 3 nitrogen and oxygen atoms in total. The predicted molar refractivity (Wildman–Crippen MR) is 36.3 cm³/mol. The summed E-state index contributed by atoms with van der Waals surface area (Å²) in [6, 6.07) is 0. The molecule has 1 aromatic rings. The lowest BCUT2D eigenvalue weighted by Crippen LogP contribution is -1.76. The number of nitrogens with zero attached hydrogens (tertiary/aromatic N) is 3. The molecule has 0 aliphatic carbocycles. The first kappa shape index (κ1) is 6.16. The third-order valence-corrected chi connectivity index (χ3v) is 0.937. The largest absolute Gasteiger partial charge is 0.258 e. The summed E-state index contributed by atoms with van der Waals surface area (Å²) < 4.78 is 0. The molecule has 0 amide bonds. The van der Waals surface area contributed by atoms with Gasteiger partial charge in [-0.1, -0.05) is 11.6 Å². The van der Waals surface area contributed by atoms with Crippen LogP contribution in [0, 0.1) is 0 Å². The van der Waals surface area contributed by atoms with Crippen LogP contribution >= 0.6 is 11.6 Å². The molecule has 0 fully saturated rings. The Kier molecular flexibility index (Phi) is 1.75. The molecule has 0 saturated carbocycles. The van der Waals surface area contributed by atoms with Crippen molar-refractivity contribution >= 4 is 24.1 Å². The Hall–Kier alpha value is -0.960. The van der Waals surface area contributed by atoms with Crippen molar-refractivity contribution in [2.45, 2.75) is 0 Å². The molecule has 0 N–H and O–H groups in total. The van der Waals surface area contributed by atoms with E-state index in [4.69, 9.17) is 11.6 Å². The van der Waals surface area contributed by atoms with Crippen LogP contribution in [0.15, 0.2) is 17.4 Å². The highest BCUT2D eigenvalue weighted by Gasteiger charge is 1.89. The van der Waals surface area contributed by atoms with Gasteiger partial charge < -0.3 is 0 Å². The summed E-state index contributed by atoms with van der Waals surface area (Å²) in [5.74, 6) is 0.447. The van der Waals surface area contributed by atoms with E-state index in [0.717, 1.165) is 0 Å². The molecule has 1 heterocycles. The van der Waals surface area contributed by atoms with Gasteiger partial charge in [-0.3, -0.25) is 4.98 Å². The highest BCUT2D eigenvalue weighted by molar-refractivity contribution is 6.29. The molecule has 4 heteroatoms. The van der Waals surface area contributed by atoms with E-state index in [0.29, 0.717) is 11.0 Å². The predicted octanol–water partition coefficient (Wildman–Crippen LogP) is 1.46. The van der Waals surface area contributed by atoms with Crippen molar-refractivity contribution in [3.8, 4) is 0 Å². The van der Waals surface area contributed by atoms with Crippen molar-refractivity contribution in [3.05, 3.63) is 17.5 Å². The minimum absolute atomic E-state index is 0.333. The Morgan fingerprint density at radius 2 is 2.33 bits per heavy atom. The molecule has 1 rings (SSSR count). The summed E-state index contributed by atoms with van der Waals surface area (Å²) in [5, 5.41) is 0.333. The molecule has 0 radical (unpaired) electrons. The number of hydrogen-bond donors (Lipinski definition) is 0. The van der Waals surface area contributed by atoms with Gasteiger partial charge in [0.25, 0.3) is 0 Å². The van der Waals surface area contributed by atoms with Crippen LogP contribution in [-0.4, -0.2) is 16.7 Å². The number of aliphatic imine (C=N–C) groups is 1. The van der Waals surface area contributed by atoms with Gasteiger partial charge >= 0.3 is 0 Å². The van der Waals surface area contributed by atoms with Crippen LogP contribution in [0.25, 0.3) is 0 Å². The van der Waals surface area contributed by atoms with E-state index in [1.165, 1.54) is 12.4 Å². The van der Waals surface area contributed by atoms with E-state index in [-0.39, 0.29) is 0 Å². The van der Waals surface area contributed by atoms with Gasteiger partial charge in [0.15, 0.2) is 5.82 Å². The SMILES string of the molecule is C=Nc1cncc(Cl)n1. The molecule has 0 aromatic carbocycles. The molecule has 46 valence electrons. The lowest BCUT2D eigenvalue weighted by atomic mass is 10.7. The van der Waals surface area contributed by atoms with Crippen molar-refractivity contribution in [2.24, 2.45) is 4.99 Å². The first-order valence-electron chi connectivity index (χ1n) is 2.27. The molecule has 9 heavy (non-hydrogen) atoms. The lowest BCUT2D eigenvalue weighted by molar-refractivity contribution is 1.18. The smallest absolute Gasteiger partial charge is 0.171 e. The zero-order chi connectivity index (χ0) is 6.69. The second-order valence-electron chi connectivity index (χ2n) is 1.36. The minimum Gasteiger partial charge on any atom is -0.258 e. The summed E-state index contributed by atoms with van der Waals surface area (Å²) in [7, 11) is 0. The summed E-state index contributed by atoms with van der Waals surface area (Å²) in [5.41, 5.74) is 0. The van der Waals surface area contributed by atoms with Crippen LogP contribution in [0.2, 0.25) is 5.15 Å². The van der Waals surface area contributed by atoms with Crippen LogP contribution < -0.4 is 0 Å². The van der Waals surface area contributed by atoms with Crippen LogP contribution in [0.4, 0.5) is 5.82 Å². The van der Waals surface area contributed by atoms with E-state index >= 15 is 0 Å². The van der Waals surface area contributed by atoms with Crippen molar-refractivity contribution in [1.82, 2.24) is 9.97 Å². The van der Waals surface area contributed by atoms with E-state index in [1.807, 2.05) is 0 Å². The van der Waals surface area contributed by atoms with Gasteiger partial charge in [0.1, 0.15) is 5.15 Å². The second kappa shape index (κ2) is 2.55. The molecule has 0 atom stereocenters. The molecule has 0 saturated heterocycles.